The lowest BCUT2D eigenvalue weighted by molar-refractivity contribution is -0.147. The Morgan fingerprint density at radius 2 is 1.96 bits per heavy atom. The summed E-state index contributed by atoms with van der Waals surface area (Å²) < 4.78 is 1.72. The summed E-state index contributed by atoms with van der Waals surface area (Å²) in [7, 11) is 0. The third-order valence-corrected chi connectivity index (χ3v) is 4.38. The number of para-hydroxylation sites is 1. The number of likely N-dealkylation sites (tertiary alicyclic amines) is 1. The van der Waals surface area contributed by atoms with E-state index < -0.39 is 11.4 Å². The van der Waals surface area contributed by atoms with Gasteiger partial charge < -0.3 is 10.0 Å². The molecule has 1 fully saturated rings. The summed E-state index contributed by atoms with van der Waals surface area (Å²) in [6, 6.07) is 11.3. The minimum absolute atomic E-state index is 0.215. The Morgan fingerprint density at radius 1 is 1.26 bits per heavy atom. The van der Waals surface area contributed by atoms with Gasteiger partial charge in [0.25, 0.3) is 5.91 Å². The Morgan fingerprint density at radius 3 is 2.57 bits per heavy atom. The summed E-state index contributed by atoms with van der Waals surface area (Å²) in [5, 5.41) is 13.7. The van der Waals surface area contributed by atoms with Gasteiger partial charge in [-0.05, 0) is 38.5 Å². The Hall–Kier alpha value is -2.63. The van der Waals surface area contributed by atoms with Crippen molar-refractivity contribution < 1.29 is 14.7 Å². The fourth-order valence-electron chi connectivity index (χ4n) is 2.88. The summed E-state index contributed by atoms with van der Waals surface area (Å²) in [4.78, 5) is 25.5. The maximum absolute atomic E-state index is 12.6. The summed E-state index contributed by atoms with van der Waals surface area (Å²) >= 11 is 0. The quantitative estimate of drug-likeness (QED) is 0.942. The molecule has 3 rings (SSSR count). The first-order chi connectivity index (χ1) is 10.9. The van der Waals surface area contributed by atoms with Gasteiger partial charge in [-0.25, -0.2) is 4.68 Å². The lowest BCUT2D eigenvalue weighted by Crippen LogP contribution is -2.35. The Labute approximate surface area is 134 Å². The molecule has 1 amide bonds. The fraction of sp³-hybridized carbons (Fsp3) is 0.353. The molecule has 1 aromatic carbocycles. The molecule has 2 aromatic rings. The number of carbonyl (C=O) groups is 2. The lowest BCUT2D eigenvalue weighted by atomic mass is 9.90. The van der Waals surface area contributed by atoms with Crippen LogP contribution in [0, 0.1) is 12.3 Å². The molecule has 120 valence electrons. The maximum atomic E-state index is 12.6. The highest BCUT2D eigenvalue weighted by Crippen LogP contribution is 2.31. The molecule has 23 heavy (non-hydrogen) atoms. The molecule has 1 aliphatic heterocycles. The fourth-order valence-corrected chi connectivity index (χ4v) is 2.88. The number of carboxylic acids is 1. The maximum Gasteiger partial charge on any atom is 0.311 e. The normalized spacial score (nSPS) is 20.7. The van der Waals surface area contributed by atoms with Gasteiger partial charge in [0, 0.05) is 18.8 Å². The first kappa shape index (κ1) is 15.3. The largest absolute Gasteiger partial charge is 0.481 e. The van der Waals surface area contributed by atoms with Crippen LogP contribution in [0.1, 0.15) is 29.5 Å². The highest BCUT2D eigenvalue weighted by molar-refractivity contribution is 5.93. The van der Waals surface area contributed by atoms with Crippen LogP contribution >= 0.6 is 0 Å². The molecule has 2 heterocycles. The van der Waals surface area contributed by atoms with Crippen molar-refractivity contribution in [3.05, 3.63) is 47.8 Å². The van der Waals surface area contributed by atoms with Crippen LogP contribution in [0.2, 0.25) is 0 Å². The molecule has 0 spiro atoms. The molecule has 1 saturated heterocycles. The van der Waals surface area contributed by atoms with E-state index in [9.17, 15) is 14.7 Å². The van der Waals surface area contributed by atoms with Crippen molar-refractivity contribution in [2.45, 2.75) is 20.3 Å². The third-order valence-electron chi connectivity index (χ3n) is 4.38. The summed E-state index contributed by atoms with van der Waals surface area (Å²) in [6.45, 7) is 4.23. The summed E-state index contributed by atoms with van der Waals surface area (Å²) in [6.07, 6.45) is 0.465. The van der Waals surface area contributed by atoms with E-state index in [0.29, 0.717) is 18.7 Å². The molecule has 0 radical (unpaired) electrons. The number of hydrogen-bond donors (Lipinski definition) is 1. The van der Waals surface area contributed by atoms with Gasteiger partial charge in [0.2, 0.25) is 0 Å². The van der Waals surface area contributed by atoms with E-state index in [0.717, 1.165) is 11.4 Å². The van der Waals surface area contributed by atoms with Crippen LogP contribution in [-0.4, -0.2) is 44.8 Å². The number of benzene rings is 1. The molecular weight excluding hydrogens is 294 g/mol. The van der Waals surface area contributed by atoms with Crippen molar-refractivity contribution in [2.24, 2.45) is 5.41 Å². The molecule has 1 atom stereocenters. The van der Waals surface area contributed by atoms with Crippen molar-refractivity contribution in [3.8, 4) is 5.69 Å². The van der Waals surface area contributed by atoms with E-state index in [-0.39, 0.29) is 12.5 Å². The van der Waals surface area contributed by atoms with Crippen LogP contribution in [0.3, 0.4) is 0 Å². The summed E-state index contributed by atoms with van der Waals surface area (Å²) in [5.74, 6) is -1.08. The molecular formula is C17H19N3O3. The van der Waals surface area contributed by atoms with Crippen molar-refractivity contribution >= 4 is 11.9 Å². The smallest absolute Gasteiger partial charge is 0.311 e. The minimum atomic E-state index is -0.868. The number of rotatable bonds is 3. The standard InChI is InChI=1S/C17H19N3O3/c1-12-10-14(18-20(12)13-6-4-3-5-7-13)15(21)19-9-8-17(2,11-19)16(22)23/h3-7,10H,8-9,11H2,1-2H3,(H,22,23). The van der Waals surface area contributed by atoms with Crippen molar-refractivity contribution in [1.29, 1.82) is 0 Å². The number of amides is 1. The van der Waals surface area contributed by atoms with Gasteiger partial charge in [0.05, 0.1) is 11.1 Å². The zero-order chi connectivity index (χ0) is 16.6. The Balaban J connectivity index is 1.84. The van der Waals surface area contributed by atoms with Gasteiger partial charge in [-0.15, -0.1) is 0 Å². The predicted octanol–water partition coefficient (Wildman–Crippen LogP) is 2.12. The van der Waals surface area contributed by atoms with E-state index in [1.807, 2.05) is 37.3 Å². The number of nitrogens with zero attached hydrogens (tertiary/aromatic N) is 3. The molecule has 1 unspecified atom stereocenters. The van der Waals surface area contributed by atoms with Gasteiger partial charge >= 0.3 is 5.97 Å². The SMILES string of the molecule is Cc1cc(C(=O)N2CCC(C)(C(=O)O)C2)nn1-c1ccccc1. The molecule has 1 aliphatic rings. The number of aromatic nitrogens is 2. The molecule has 0 bridgehead atoms. The van der Waals surface area contributed by atoms with E-state index in [2.05, 4.69) is 5.10 Å². The number of hydrogen-bond acceptors (Lipinski definition) is 3. The van der Waals surface area contributed by atoms with Crippen LogP contribution in [0.25, 0.3) is 5.69 Å². The van der Waals surface area contributed by atoms with Gasteiger partial charge in [-0.2, -0.15) is 5.10 Å². The highest BCUT2D eigenvalue weighted by Gasteiger charge is 2.42. The number of aryl methyl sites for hydroxylation is 1. The van der Waals surface area contributed by atoms with Crippen molar-refractivity contribution in [2.75, 3.05) is 13.1 Å². The molecule has 6 heteroatoms. The predicted molar refractivity (Wildman–Crippen MR) is 84.6 cm³/mol. The van der Waals surface area contributed by atoms with Crippen molar-refractivity contribution in [1.82, 2.24) is 14.7 Å². The molecule has 0 aliphatic carbocycles. The first-order valence-corrected chi connectivity index (χ1v) is 7.55. The van der Waals surface area contributed by atoms with Gasteiger partial charge in [-0.1, -0.05) is 18.2 Å². The number of aliphatic carboxylic acids is 1. The van der Waals surface area contributed by atoms with Gasteiger partial charge in [0.15, 0.2) is 5.69 Å². The van der Waals surface area contributed by atoms with Crippen LogP contribution in [0.15, 0.2) is 36.4 Å². The van der Waals surface area contributed by atoms with E-state index in [1.54, 1.807) is 22.6 Å². The van der Waals surface area contributed by atoms with Gasteiger partial charge in [0.1, 0.15) is 0 Å². The average molecular weight is 313 g/mol. The summed E-state index contributed by atoms with van der Waals surface area (Å²) in [5.41, 5.74) is 1.23. The molecule has 1 aromatic heterocycles. The Bertz CT molecular complexity index is 754. The molecule has 0 saturated carbocycles. The van der Waals surface area contributed by atoms with E-state index >= 15 is 0 Å². The van der Waals surface area contributed by atoms with Crippen LogP contribution in [0.5, 0.6) is 0 Å². The second kappa shape index (κ2) is 5.53. The zero-order valence-electron chi connectivity index (χ0n) is 13.2. The van der Waals surface area contributed by atoms with Crippen LogP contribution in [-0.2, 0) is 4.79 Å². The average Bonchev–Trinajstić information content (AvgIpc) is 3.12. The van der Waals surface area contributed by atoms with Gasteiger partial charge in [-0.3, -0.25) is 9.59 Å². The topological polar surface area (TPSA) is 75.4 Å². The monoisotopic (exact) mass is 313 g/mol. The Kier molecular flexibility index (Phi) is 3.67. The van der Waals surface area contributed by atoms with Crippen LogP contribution in [0.4, 0.5) is 0 Å². The highest BCUT2D eigenvalue weighted by atomic mass is 16.4. The lowest BCUT2D eigenvalue weighted by Gasteiger charge is -2.19. The zero-order valence-corrected chi connectivity index (χ0v) is 13.2. The van der Waals surface area contributed by atoms with E-state index in [4.69, 9.17) is 0 Å². The third kappa shape index (κ3) is 2.72. The second-order valence-corrected chi connectivity index (χ2v) is 6.26. The van der Waals surface area contributed by atoms with Crippen molar-refractivity contribution in [3.63, 3.8) is 0 Å². The van der Waals surface area contributed by atoms with Crippen LogP contribution < -0.4 is 0 Å². The second-order valence-electron chi connectivity index (χ2n) is 6.26. The molecule has 6 nitrogen and oxygen atoms in total. The molecule has 1 N–H and O–H groups in total. The number of carbonyl (C=O) groups excluding carboxylic acids is 1. The minimum Gasteiger partial charge on any atom is -0.481 e. The van der Waals surface area contributed by atoms with E-state index in [1.165, 1.54) is 0 Å². The first-order valence-electron chi connectivity index (χ1n) is 7.55. The number of carboxylic acid groups (broad SMARTS) is 1.